The summed E-state index contributed by atoms with van der Waals surface area (Å²) in [4.78, 5) is 17.8. The maximum atomic E-state index is 12.8. The zero-order valence-corrected chi connectivity index (χ0v) is 22.7. The number of hydrogen-bond acceptors (Lipinski definition) is 3. The second kappa shape index (κ2) is 10.8. The number of likely N-dealkylation sites (N-methyl/N-ethyl adjacent to an activating group) is 1. The minimum atomic E-state index is 0. The molecule has 2 heterocycles. The summed E-state index contributed by atoms with van der Waals surface area (Å²) in [5.41, 5.74) is 3.18. The molecule has 174 valence electrons. The number of fused-ring (bicyclic) bond motifs is 2. The molecular formula is C26H36IN3OS. The van der Waals surface area contributed by atoms with Crippen LogP contribution in [0.5, 0.6) is 0 Å². The van der Waals surface area contributed by atoms with E-state index in [1.807, 2.05) is 17.8 Å². The van der Waals surface area contributed by atoms with Crippen molar-refractivity contribution in [2.45, 2.75) is 55.9 Å². The molecule has 6 heteroatoms. The highest BCUT2D eigenvalue weighted by Gasteiger charge is 2.34. The molecule has 0 aromatic heterocycles. The lowest BCUT2D eigenvalue weighted by Crippen LogP contribution is -3.00. The van der Waals surface area contributed by atoms with E-state index in [-0.39, 0.29) is 29.9 Å². The van der Waals surface area contributed by atoms with Crippen molar-refractivity contribution < 1.29 is 33.3 Å². The van der Waals surface area contributed by atoms with Crippen molar-refractivity contribution in [3.63, 3.8) is 0 Å². The Morgan fingerprint density at radius 1 is 1.06 bits per heavy atom. The molecule has 0 bridgehead atoms. The quantitative estimate of drug-likeness (QED) is 0.414. The summed E-state index contributed by atoms with van der Waals surface area (Å²) in [6.07, 6.45) is 3.65. The van der Waals surface area contributed by atoms with Gasteiger partial charge < -0.3 is 38.7 Å². The fourth-order valence-electron chi connectivity index (χ4n) is 4.98. The summed E-state index contributed by atoms with van der Waals surface area (Å²) < 4.78 is 1.14. The highest BCUT2D eigenvalue weighted by atomic mass is 127. The zero-order valence-electron chi connectivity index (χ0n) is 19.7. The van der Waals surface area contributed by atoms with Crippen LogP contribution in [0.2, 0.25) is 0 Å². The molecule has 32 heavy (non-hydrogen) atoms. The van der Waals surface area contributed by atoms with E-state index >= 15 is 0 Å². The number of likely N-dealkylation sites (tertiary alicyclic amines) is 1. The zero-order chi connectivity index (χ0) is 22.0. The normalized spacial score (nSPS) is 17.3. The number of rotatable bonds is 7. The van der Waals surface area contributed by atoms with Crippen LogP contribution in [0.25, 0.3) is 0 Å². The van der Waals surface area contributed by atoms with Gasteiger partial charge in [-0.3, -0.25) is 4.79 Å². The highest BCUT2D eigenvalue weighted by molar-refractivity contribution is 7.99. The van der Waals surface area contributed by atoms with E-state index in [4.69, 9.17) is 0 Å². The summed E-state index contributed by atoms with van der Waals surface area (Å²) in [5.74, 6) is 0.613. The molecule has 0 spiro atoms. The minimum absolute atomic E-state index is 0. The predicted molar refractivity (Wildman–Crippen MR) is 130 cm³/mol. The average molecular weight is 566 g/mol. The molecule has 2 aliphatic heterocycles. The average Bonchev–Trinajstić information content (AvgIpc) is 3.16. The van der Waals surface area contributed by atoms with Crippen molar-refractivity contribution in [3.8, 4) is 0 Å². The second-order valence-corrected chi connectivity index (χ2v) is 10.9. The first-order valence-electron chi connectivity index (χ1n) is 11.7. The third-order valence-corrected chi connectivity index (χ3v) is 7.75. The molecule has 1 N–H and O–H groups in total. The van der Waals surface area contributed by atoms with Crippen LogP contribution in [0.1, 0.15) is 50.4 Å². The van der Waals surface area contributed by atoms with Crippen molar-refractivity contribution in [1.29, 1.82) is 0 Å². The standard InChI is InChI=1S/C26H35N3OS.HI/c1-19(2)13-14-27-26(30)21-11-12-25-23(17-21)28(22-9-5-6-10-24(22)31-25)20(3)18-29(4)15-7-8-16-29;/h5-6,9-12,17,19-20H,7-8,13-16,18H2,1-4H3;1H/t20-;/m1./s1. The first-order chi connectivity index (χ1) is 14.9. The van der Waals surface area contributed by atoms with Gasteiger partial charge in [-0.05, 0) is 49.6 Å². The third kappa shape index (κ3) is 5.62. The summed E-state index contributed by atoms with van der Waals surface area (Å²) >= 11 is 1.81. The van der Waals surface area contributed by atoms with Gasteiger partial charge in [0.2, 0.25) is 0 Å². The van der Waals surface area contributed by atoms with Crippen LogP contribution in [-0.2, 0) is 0 Å². The number of hydrogen-bond donors (Lipinski definition) is 1. The number of benzene rings is 2. The largest absolute Gasteiger partial charge is 1.00 e. The Labute approximate surface area is 214 Å². The van der Waals surface area contributed by atoms with Crippen molar-refractivity contribution in [2.75, 3.05) is 38.1 Å². The van der Waals surface area contributed by atoms with Gasteiger partial charge in [-0.25, -0.2) is 0 Å². The first-order valence-corrected chi connectivity index (χ1v) is 12.5. The van der Waals surface area contributed by atoms with Gasteiger partial charge in [-0.1, -0.05) is 37.7 Å². The maximum Gasteiger partial charge on any atom is 0.251 e. The van der Waals surface area contributed by atoms with Gasteiger partial charge >= 0.3 is 0 Å². The molecule has 2 aromatic rings. The van der Waals surface area contributed by atoms with Crippen LogP contribution in [0, 0.1) is 5.92 Å². The molecular weight excluding hydrogens is 529 g/mol. The van der Waals surface area contributed by atoms with Crippen LogP contribution in [0.15, 0.2) is 52.3 Å². The van der Waals surface area contributed by atoms with E-state index in [2.05, 4.69) is 74.4 Å². The van der Waals surface area contributed by atoms with E-state index < -0.39 is 0 Å². The Kier molecular flexibility index (Phi) is 8.55. The number of nitrogens with one attached hydrogen (secondary N) is 1. The van der Waals surface area contributed by atoms with Crippen molar-refractivity contribution >= 4 is 29.0 Å². The Bertz CT molecular complexity index is 942. The Hall–Kier alpha value is -1.25. The van der Waals surface area contributed by atoms with Gasteiger partial charge in [-0.15, -0.1) is 0 Å². The fourth-order valence-corrected chi connectivity index (χ4v) is 6.03. The number of nitrogens with zero attached hydrogens (tertiary/aromatic N) is 2. The monoisotopic (exact) mass is 565 g/mol. The highest BCUT2D eigenvalue weighted by Crippen LogP contribution is 2.49. The van der Waals surface area contributed by atoms with E-state index in [0.29, 0.717) is 12.0 Å². The van der Waals surface area contributed by atoms with Crippen LogP contribution < -0.4 is 34.2 Å². The van der Waals surface area contributed by atoms with E-state index in [1.54, 1.807) is 0 Å². The molecule has 0 radical (unpaired) electrons. The number of carbonyl (C=O) groups is 1. The number of anilines is 2. The van der Waals surface area contributed by atoms with Gasteiger partial charge in [-0.2, -0.15) is 0 Å². The maximum absolute atomic E-state index is 12.8. The second-order valence-electron chi connectivity index (χ2n) is 9.87. The Morgan fingerprint density at radius 3 is 2.47 bits per heavy atom. The summed E-state index contributed by atoms with van der Waals surface area (Å²) in [6.45, 7) is 11.1. The molecule has 4 rings (SSSR count). The summed E-state index contributed by atoms with van der Waals surface area (Å²) in [6, 6.07) is 15.2. The topological polar surface area (TPSA) is 32.3 Å². The van der Waals surface area contributed by atoms with Crippen LogP contribution >= 0.6 is 11.8 Å². The summed E-state index contributed by atoms with van der Waals surface area (Å²) in [7, 11) is 2.40. The van der Waals surface area contributed by atoms with Gasteiger partial charge in [0.1, 0.15) is 0 Å². The molecule has 1 amide bonds. The van der Waals surface area contributed by atoms with Crippen molar-refractivity contribution in [2.24, 2.45) is 5.92 Å². The number of halogens is 1. The minimum Gasteiger partial charge on any atom is -1.00 e. The molecule has 0 unspecified atom stereocenters. The molecule has 1 saturated heterocycles. The molecule has 1 atom stereocenters. The lowest BCUT2D eigenvalue weighted by molar-refractivity contribution is -0.898. The van der Waals surface area contributed by atoms with Gasteiger partial charge in [0.05, 0.1) is 44.1 Å². The SMILES string of the molecule is CC(C)CCNC(=O)c1ccc2c(c1)N([C@H](C)C[N+]1(C)CCCC1)c1ccccc1S2.[I-]. The van der Waals surface area contributed by atoms with Crippen LogP contribution in [-0.4, -0.2) is 49.7 Å². The smallest absolute Gasteiger partial charge is 0.251 e. The van der Waals surface area contributed by atoms with Crippen LogP contribution in [0.3, 0.4) is 0 Å². The molecule has 0 aliphatic carbocycles. The van der Waals surface area contributed by atoms with E-state index in [0.717, 1.165) is 29.6 Å². The molecule has 2 aliphatic rings. The van der Waals surface area contributed by atoms with Gasteiger partial charge in [0.25, 0.3) is 5.91 Å². The molecule has 4 nitrogen and oxygen atoms in total. The predicted octanol–water partition coefficient (Wildman–Crippen LogP) is 2.70. The van der Waals surface area contributed by atoms with Crippen molar-refractivity contribution in [1.82, 2.24) is 5.32 Å². The lowest BCUT2D eigenvalue weighted by atomic mass is 10.1. The lowest BCUT2D eigenvalue weighted by Gasteiger charge is -2.41. The van der Waals surface area contributed by atoms with E-state index in [9.17, 15) is 4.79 Å². The third-order valence-electron chi connectivity index (χ3n) is 6.62. The molecule has 0 saturated carbocycles. The Balaban J connectivity index is 0.00000289. The number of carbonyl (C=O) groups excluding carboxylic acids is 1. The van der Waals surface area contributed by atoms with Crippen molar-refractivity contribution in [3.05, 3.63) is 48.0 Å². The summed E-state index contributed by atoms with van der Waals surface area (Å²) in [5, 5.41) is 3.10. The van der Waals surface area contributed by atoms with Gasteiger partial charge in [0.15, 0.2) is 0 Å². The first kappa shape index (κ1) is 25.4. The van der Waals surface area contributed by atoms with Gasteiger partial charge in [0, 0.05) is 34.7 Å². The molecule has 2 aromatic carbocycles. The van der Waals surface area contributed by atoms with Crippen LogP contribution in [0.4, 0.5) is 11.4 Å². The number of quaternary nitrogens is 1. The van der Waals surface area contributed by atoms with E-state index in [1.165, 1.54) is 47.1 Å². The number of amides is 1. The Morgan fingerprint density at radius 2 is 1.75 bits per heavy atom. The number of para-hydroxylation sites is 1. The fraction of sp³-hybridized carbons (Fsp3) is 0.500. The molecule has 1 fully saturated rings.